The Labute approximate surface area is 174 Å². The molecule has 0 spiro atoms. The molecular weight excluding hydrogens is 388 g/mol. The summed E-state index contributed by atoms with van der Waals surface area (Å²) in [5.41, 5.74) is 3.87. The smallest absolute Gasteiger partial charge is 0.231 e. The number of nitrogens with one attached hydrogen (secondary N) is 1. The summed E-state index contributed by atoms with van der Waals surface area (Å²) in [5.74, 6) is 1.58. The second kappa shape index (κ2) is 7.97. The van der Waals surface area contributed by atoms with Crippen molar-refractivity contribution in [2.45, 2.75) is 38.6 Å². The zero-order valence-electron chi connectivity index (χ0n) is 16.7. The van der Waals surface area contributed by atoms with E-state index in [1.807, 2.05) is 6.07 Å². The first-order valence-corrected chi connectivity index (χ1v) is 11.2. The molecule has 1 aromatic carbocycles. The predicted octanol–water partition coefficient (Wildman–Crippen LogP) is 3.74. The molecule has 0 bridgehead atoms. The van der Waals surface area contributed by atoms with Crippen LogP contribution in [0.5, 0.6) is 11.5 Å². The van der Waals surface area contributed by atoms with Crippen molar-refractivity contribution in [3.05, 3.63) is 39.8 Å². The van der Waals surface area contributed by atoms with Crippen LogP contribution >= 0.6 is 11.3 Å². The molecular formula is C22H26N2O4S. The molecule has 2 aromatic rings. The van der Waals surface area contributed by atoms with Gasteiger partial charge in [0.1, 0.15) is 5.00 Å². The van der Waals surface area contributed by atoms with Crippen LogP contribution in [0, 0.1) is 0 Å². The number of thiophene rings is 1. The summed E-state index contributed by atoms with van der Waals surface area (Å²) in [6.07, 6.45) is 4.60. The van der Waals surface area contributed by atoms with Crippen molar-refractivity contribution in [2.75, 3.05) is 38.4 Å². The van der Waals surface area contributed by atoms with Gasteiger partial charge in [-0.25, -0.2) is 0 Å². The number of rotatable bonds is 4. The molecule has 3 aliphatic rings. The minimum absolute atomic E-state index is 0.0174. The van der Waals surface area contributed by atoms with Crippen molar-refractivity contribution in [3.8, 4) is 11.5 Å². The number of ether oxygens (including phenoxy) is 3. The molecule has 1 atom stereocenters. The van der Waals surface area contributed by atoms with Gasteiger partial charge in [-0.3, -0.25) is 9.69 Å². The molecule has 154 valence electrons. The lowest BCUT2D eigenvalue weighted by atomic mass is 9.88. The van der Waals surface area contributed by atoms with Gasteiger partial charge in [-0.15, -0.1) is 11.3 Å². The maximum Gasteiger partial charge on any atom is 0.231 e. The molecule has 1 aromatic heterocycles. The van der Waals surface area contributed by atoms with Gasteiger partial charge in [0.15, 0.2) is 11.5 Å². The molecule has 0 saturated carbocycles. The van der Waals surface area contributed by atoms with Gasteiger partial charge in [0.05, 0.1) is 19.3 Å². The number of hydrogen-bond donors (Lipinski definition) is 1. The Hall–Kier alpha value is -2.09. The van der Waals surface area contributed by atoms with Gasteiger partial charge in [0, 0.05) is 30.5 Å². The number of hydrogen-bond acceptors (Lipinski definition) is 6. The van der Waals surface area contributed by atoms with E-state index >= 15 is 0 Å². The fraction of sp³-hybridized carbons (Fsp3) is 0.500. The summed E-state index contributed by atoms with van der Waals surface area (Å²) in [6, 6.07) is 6.31. The molecule has 6 nitrogen and oxygen atoms in total. The molecule has 1 fully saturated rings. The van der Waals surface area contributed by atoms with Crippen LogP contribution in [0.1, 0.15) is 47.4 Å². The van der Waals surface area contributed by atoms with Crippen LogP contribution in [-0.2, 0) is 22.4 Å². The third kappa shape index (κ3) is 3.63. The Morgan fingerprint density at radius 1 is 1.14 bits per heavy atom. The number of carbonyl (C=O) groups excluding carboxylic acids is 1. The average molecular weight is 415 g/mol. The fourth-order valence-electron chi connectivity index (χ4n) is 4.61. The molecule has 1 saturated heterocycles. The molecule has 1 N–H and O–H groups in total. The maximum atomic E-state index is 12.0. The zero-order chi connectivity index (χ0) is 19.8. The van der Waals surface area contributed by atoms with E-state index < -0.39 is 0 Å². The molecule has 7 heteroatoms. The Kier molecular flexibility index (Phi) is 5.20. The van der Waals surface area contributed by atoms with Crippen LogP contribution in [0.4, 0.5) is 5.00 Å². The third-order valence-electron chi connectivity index (χ3n) is 5.90. The minimum Gasteiger partial charge on any atom is -0.454 e. The first-order chi connectivity index (χ1) is 14.2. The van der Waals surface area contributed by atoms with Crippen molar-refractivity contribution >= 4 is 22.2 Å². The van der Waals surface area contributed by atoms with Crippen molar-refractivity contribution in [1.29, 1.82) is 0 Å². The highest BCUT2D eigenvalue weighted by Gasteiger charge is 2.33. The first kappa shape index (κ1) is 18.9. The van der Waals surface area contributed by atoms with Crippen LogP contribution in [-0.4, -0.2) is 43.9 Å². The number of carbonyl (C=O) groups is 1. The van der Waals surface area contributed by atoms with Gasteiger partial charge in [0.2, 0.25) is 12.7 Å². The number of amides is 1. The quantitative estimate of drug-likeness (QED) is 0.826. The minimum atomic E-state index is -0.0174. The van der Waals surface area contributed by atoms with E-state index in [0.29, 0.717) is 0 Å². The molecule has 3 heterocycles. The van der Waals surface area contributed by atoms with Crippen molar-refractivity contribution in [3.63, 3.8) is 0 Å². The number of nitrogens with zero attached hydrogens (tertiary/aromatic N) is 1. The van der Waals surface area contributed by atoms with E-state index in [4.69, 9.17) is 14.2 Å². The molecule has 29 heavy (non-hydrogen) atoms. The zero-order valence-corrected chi connectivity index (χ0v) is 17.5. The van der Waals surface area contributed by atoms with Gasteiger partial charge < -0.3 is 19.5 Å². The molecule has 5 rings (SSSR count). The summed E-state index contributed by atoms with van der Waals surface area (Å²) in [5, 5.41) is 4.14. The van der Waals surface area contributed by atoms with Gasteiger partial charge in [-0.2, -0.15) is 0 Å². The summed E-state index contributed by atoms with van der Waals surface area (Å²) in [7, 11) is 0. The van der Waals surface area contributed by atoms with Crippen molar-refractivity contribution in [1.82, 2.24) is 4.90 Å². The average Bonchev–Trinajstić information content (AvgIpc) is 3.33. The second-order valence-electron chi connectivity index (χ2n) is 7.80. The van der Waals surface area contributed by atoms with Crippen LogP contribution in [0.2, 0.25) is 0 Å². The third-order valence-corrected chi connectivity index (χ3v) is 7.12. The molecule has 0 unspecified atom stereocenters. The second-order valence-corrected chi connectivity index (χ2v) is 8.90. The van der Waals surface area contributed by atoms with Crippen LogP contribution < -0.4 is 14.8 Å². The van der Waals surface area contributed by atoms with E-state index in [1.54, 1.807) is 18.3 Å². The Balaban J connectivity index is 1.64. The number of morpholine rings is 1. The standard InChI is InChI=1S/C22H26N2O4S/c1-14(25)23-22-20(16-4-2-3-5-19(16)29-22)21(24-8-10-26-11-9-24)15-6-7-17-18(12-15)28-13-27-17/h6-7,12,21H,2-5,8-11,13H2,1H3,(H,23,25)/t21-/m0/s1. The predicted molar refractivity (Wildman–Crippen MR) is 112 cm³/mol. The van der Waals surface area contributed by atoms with Crippen LogP contribution in [0.25, 0.3) is 0 Å². The van der Waals surface area contributed by atoms with Crippen molar-refractivity contribution < 1.29 is 19.0 Å². The number of fused-ring (bicyclic) bond motifs is 2. The fourth-order valence-corrected chi connectivity index (χ4v) is 5.98. The Morgan fingerprint density at radius 3 is 2.76 bits per heavy atom. The monoisotopic (exact) mass is 414 g/mol. The van der Waals surface area contributed by atoms with Crippen LogP contribution in [0.3, 0.4) is 0 Å². The number of anilines is 1. The normalized spacial score (nSPS) is 19.6. The van der Waals surface area contributed by atoms with Gasteiger partial charge in [-0.05, 0) is 48.9 Å². The highest BCUT2D eigenvalue weighted by molar-refractivity contribution is 7.16. The SMILES string of the molecule is CC(=O)Nc1sc2c(c1[C@H](c1ccc3c(c1)OCO3)N1CCOCC1)CCCC2. The summed E-state index contributed by atoms with van der Waals surface area (Å²) in [4.78, 5) is 15.9. The first-order valence-electron chi connectivity index (χ1n) is 10.3. The van der Waals surface area contributed by atoms with Gasteiger partial charge in [0.25, 0.3) is 0 Å². The summed E-state index contributed by atoms with van der Waals surface area (Å²) >= 11 is 1.76. The van der Waals surface area contributed by atoms with Crippen molar-refractivity contribution in [2.24, 2.45) is 0 Å². The Morgan fingerprint density at radius 2 is 1.93 bits per heavy atom. The lowest BCUT2D eigenvalue weighted by Gasteiger charge is -2.36. The van der Waals surface area contributed by atoms with E-state index in [9.17, 15) is 4.79 Å². The summed E-state index contributed by atoms with van der Waals surface area (Å²) < 4.78 is 16.8. The summed E-state index contributed by atoms with van der Waals surface area (Å²) in [6.45, 7) is 5.04. The molecule has 0 radical (unpaired) electrons. The van der Waals surface area contributed by atoms with E-state index in [-0.39, 0.29) is 18.7 Å². The van der Waals surface area contributed by atoms with E-state index in [0.717, 1.165) is 55.6 Å². The van der Waals surface area contributed by atoms with E-state index in [1.165, 1.54) is 34.4 Å². The lowest BCUT2D eigenvalue weighted by molar-refractivity contribution is -0.114. The van der Waals surface area contributed by atoms with Gasteiger partial charge >= 0.3 is 0 Å². The molecule has 1 amide bonds. The molecule has 2 aliphatic heterocycles. The topological polar surface area (TPSA) is 60.0 Å². The lowest BCUT2D eigenvalue weighted by Crippen LogP contribution is -2.40. The van der Waals surface area contributed by atoms with Crippen LogP contribution in [0.15, 0.2) is 18.2 Å². The number of benzene rings is 1. The van der Waals surface area contributed by atoms with Gasteiger partial charge in [-0.1, -0.05) is 6.07 Å². The Bertz CT molecular complexity index is 920. The van der Waals surface area contributed by atoms with E-state index in [2.05, 4.69) is 22.3 Å². The number of aryl methyl sites for hydroxylation is 1. The highest BCUT2D eigenvalue weighted by atomic mass is 32.1. The highest BCUT2D eigenvalue weighted by Crippen LogP contribution is 2.47. The molecule has 1 aliphatic carbocycles. The largest absolute Gasteiger partial charge is 0.454 e. The maximum absolute atomic E-state index is 12.0.